The van der Waals surface area contributed by atoms with Crippen LogP contribution in [-0.2, 0) is 14.3 Å². The fourth-order valence-corrected chi connectivity index (χ4v) is 2.22. The molecule has 0 fully saturated rings. The Hall–Kier alpha value is -3.62. The molecule has 0 saturated heterocycles. The molecular formula is C19H17FN2O6. The summed E-state index contributed by atoms with van der Waals surface area (Å²) >= 11 is 0. The lowest BCUT2D eigenvalue weighted by Gasteiger charge is -2.13. The molecule has 8 nitrogen and oxygen atoms in total. The quantitative estimate of drug-likeness (QED) is 0.321. The second-order valence-electron chi connectivity index (χ2n) is 5.86. The standard InChI is InChI=1S/C19H17FN2O6/c1-12(19(25)21-15-6-8-16(9-7-15)22(26)27)28-18(24)11-10-17(23)13-2-4-14(20)5-3-13/h2-9,12H,10-11H2,1H3,(H,21,25)/t12-/m1/s1. The molecule has 2 aromatic carbocycles. The van der Waals surface area contributed by atoms with Gasteiger partial charge in [0.15, 0.2) is 11.9 Å². The van der Waals surface area contributed by atoms with Crippen molar-refractivity contribution in [2.45, 2.75) is 25.9 Å². The number of ketones is 1. The summed E-state index contributed by atoms with van der Waals surface area (Å²) in [6.45, 7) is 1.36. The zero-order valence-electron chi connectivity index (χ0n) is 14.9. The van der Waals surface area contributed by atoms with Gasteiger partial charge < -0.3 is 10.1 Å². The Balaban J connectivity index is 1.80. The summed E-state index contributed by atoms with van der Waals surface area (Å²) in [4.78, 5) is 45.8. The van der Waals surface area contributed by atoms with Gasteiger partial charge in [0.25, 0.3) is 11.6 Å². The van der Waals surface area contributed by atoms with Gasteiger partial charge in [0.05, 0.1) is 11.3 Å². The van der Waals surface area contributed by atoms with E-state index in [1.54, 1.807) is 0 Å². The van der Waals surface area contributed by atoms with Crippen molar-refractivity contribution in [3.8, 4) is 0 Å². The number of hydrogen-bond donors (Lipinski definition) is 1. The molecule has 1 atom stereocenters. The van der Waals surface area contributed by atoms with E-state index in [0.717, 1.165) is 12.1 Å². The summed E-state index contributed by atoms with van der Waals surface area (Å²) in [6.07, 6.45) is -1.49. The zero-order valence-corrected chi connectivity index (χ0v) is 14.9. The average molecular weight is 388 g/mol. The number of nitro groups is 1. The summed E-state index contributed by atoms with van der Waals surface area (Å²) in [6, 6.07) is 10.1. The van der Waals surface area contributed by atoms with Crippen LogP contribution in [0.25, 0.3) is 0 Å². The molecule has 0 unspecified atom stereocenters. The maximum Gasteiger partial charge on any atom is 0.307 e. The largest absolute Gasteiger partial charge is 0.453 e. The van der Waals surface area contributed by atoms with E-state index in [4.69, 9.17) is 4.74 Å². The number of ether oxygens (including phenoxy) is 1. The second-order valence-corrected chi connectivity index (χ2v) is 5.86. The highest BCUT2D eigenvalue weighted by molar-refractivity contribution is 5.98. The van der Waals surface area contributed by atoms with E-state index >= 15 is 0 Å². The number of Topliss-reactive ketones (excluding diaryl/α,β-unsaturated/α-hetero) is 1. The first-order chi connectivity index (χ1) is 13.3. The Bertz CT molecular complexity index is 880. The molecule has 9 heteroatoms. The number of hydrogen-bond acceptors (Lipinski definition) is 6. The molecule has 1 N–H and O–H groups in total. The Morgan fingerprint density at radius 3 is 2.25 bits per heavy atom. The molecule has 0 bridgehead atoms. The number of nitrogens with one attached hydrogen (secondary N) is 1. The number of esters is 1. The van der Waals surface area contributed by atoms with Gasteiger partial charge in [0.2, 0.25) is 0 Å². The molecule has 0 saturated carbocycles. The minimum Gasteiger partial charge on any atom is -0.453 e. The SMILES string of the molecule is C[C@@H](OC(=O)CCC(=O)c1ccc(F)cc1)C(=O)Nc1ccc([N+](=O)[O-])cc1. The van der Waals surface area contributed by atoms with Crippen molar-refractivity contribution in [1.82, 2.24) is 0 Å². The number of benzene rings is 2. The lowest BCUT2D eigenvalue weighted by atomic mass is 10.1. The molecule has 0 spiro atoms. The van der Waals surface area contributed by atoms with Crippen LogP contribution in [0.15, 0.2) is 48.5 Å². The molecule has 2 rings (SSSR count). The van der Waals surface area contributed by atoms with Gasteiger partial charge in [-0.3, -0.25) is 24.5 Å². The first-order valence-corrected chi connectivity index (χ1v) is 8.30. The molecule has 0 aliphatic heterocycles. The van der Waals surface area contributed by atoms with Crippen molar-refractivity contribution >= 4 is 29.0 Å². The normalized spacial score (nSPS) is 11.4. The summed E-state index contributed by atoms with van der Waals surface area (Å²) in [5, 5.41) is 13.1. The Morgan fingerprint density at radius 1 is 1.07 bits per heavy atom. The van der Waals surface area contributed by atoms with Gasteiger partial charge in [-0.25, -0.2) is 4.39 Å². The third kappa shape index (κ3) is 5.97. The van der Waals surface area contributed by atoms with Gasteiger partial charge in [-0.15, -0.1) is 0 Å². The van der Waals surface area contributed by atoms with Crippen LogP contribution in [0.1, 0.15) is 30.1 Å². The van der Waals surface area contributed by atoms with E-state index in [1.807, 2.05) is 0 Å². The average Bonchev–Trinajstić information content (AvgIpc) is 2.67. The summed E-state index contributed by atoms with van der Waals surface area (Å²) < 4.78 is 17.8. The van der Waals surface area contributed by atoms with Crippen LogP contribution in [0.5, 0.6) is 0 Å². The van der Waals surface area contributed by atoms with Crippen LogP contribution >= 0.6 is 0 Å². The van der Waals surface area contributed by atoms with Crippen molar-refractivity contribution in [2.75, 3.05) is 5.32 Å². The van der Waals surface area contributed by atoms with Crippen molar-refractivity contribution in [3.63, 3.8) is 0 Å². The van der Waals surface area contributed by atoms with E-state index in [0.29, 0.717) is 5.69 Å². The lowest BCUT2D eigenvalue weighted by Crippen LogP contribution is -2.30. The van der Waals surface area contributed by atoms with Gasteiger partial charge in [-0.2, -0.15) is 0 Å². The van der Waals surface area contributed by atoms with Crippen LogP contribution in [0.3, 0.4) is 0 Å². The monoisotopic (exact) mass is 388 g/mol. The topological polar surface area (TPSA) is 116 Å². The number of amides is 1. The Labute approximate surface area is 159 Å². The maximum atomic E-state index is 12.8. The molecule has 146 valence electrons. The maximum absolute atomic E-state index is 12.8. The number of anilines is 1. The minimum absolute atomic E-state index is 0.122. The Kier molecular flexibility index (Phi) is 6.91. The highest BCUT2D eigenvalue weighted by atomic mass is 19.1. The lowest BCUT2D eigenvalue weighted by molar-refractivity contribution is -0.384. The van der Waals surface area contributed by atoms with Crippen LogP contribution in [0.2, 0.25) is 0 Å². The first kappa shape index (κ1) is 20.7. The second kappa shape index (κ2) is 9.36. The van der Waals surface area contributed by atoms with Crippen LogP contribution in [-0.4, -0.2) is 28.7 Å². The number of halogens is 1. The third-order valence-electron chi connectivity index (χ3n) is 3.75. The number of nitrogens with zero attached hydrogens (tertiary/aromatic N) is 1. The van der Waals surface area contributed by atoms with E-state index in [1.165, 1.54) is 43.3 Å². The van der Waals surface area contributed by atoms with E-state index in [9.17, 15) is 28.9 Å². The molecule has 0 radical (unpaired) electrons. The van der Waals surface area contributed by atoms with Gasteiger partial charge in [0, 0.05) is 29.8 Å². The summed E-state index contributed by atoms with van der Waals surface area (Å²) in [5.41, 5.74) is 0.464. The number of non-ortho nitro benzene ring substituents is 1. The van der Waals surface area contributed by atoms with E-state index < -0.39 is 28.7 Å². The predicted octanol–water partition coefficient (Wildman–Crippen LogP) is 3.27. The highest BCUT2D eigenvalue weighted by Gasteiger charge is 2.19. The molecular weight excluding hydrogens is 371 g/mol. The third-order valence-corrected chi connectivity index (χ3v) is 3.75. The molecule has 0 aromatic heterocycles. The van der Waals surface area contributed by atoms with Crippen molar-refractivity contribution in [3.05, 3.63) is 70.0 Å². The van der Waals surface area contributed by atoms with Crippen molar-refractivity contribution in [1.29, 1.82) is 0 Å². The summed E-state index contributed by atoms with van der Waals surface area (Å²) in [5.74, 6) is -2.17. The van der Waals surface area contributed by atoms with Gasteiger partial charge in [0.1, 0.15) is 5.82 Å². The molecule has 0 aliphatic carbocycles. The minimum atomic E-state index is -1.12. The zero-order chi connectivity index (χ0) is 20.7. The van der Waals surface area contributed by atoms with Crippen LogP contribution in [0.4, 0.5) is 15.8 Å². The van der Waals surface area contributed by atoms with Gasteiger partial charge in [-0.05, 0) is 43.3 Å². The predicted molar refractivity (Wildman–Crippen MR) is 97.2 cm³/mol. The number of nitro benzene ring substituents is 1. The van der Waals surface area contributed by atoms with Crippen LogP contribution in [0, 0.1) is 15.9 Å². The number of carbonyl (C=O) groups excluding carboxylic acids is 3. The molecule has 0 aliphatic rings. The highest BCUT2D eigenvalue weighted by Crippen LogP contribution is 2.16. The van der Waals surface area contributed by atoms with Gasteiger partial charge >= 0.3 is 5.97 Å². The Morgan fingerprint density at radius 2 is 1.68 bits per heavy atom. The fraction of sp³-hybridized carbons (Fsp3) is 0.211. The van der Waals surface area contributed by atoms with Crippen molar-refractivity contribution in [2.24, 2.45) is 0 Å². The van der Waals surface area contributed by atoms with E-state index in [-0.39, 0.29) is 29.9 Å². The number of carbonyl (C=O) groups is 3. The van der Waals surface area contributed by atoms with Crippen molar-refractivity contribution < 1.29 is 28.4 Å². The smallest absolute Gasteiger partial charge is 0.307 e. The number of rotatable bonds is 8. The molecule has 1 amide bonds. The first-order valence-electron chi connectivity index (χ1n) is 8.30. The van der Waals surface area contributed by atoms with Crippen LogP contribution < -0.4 is 5.32 Å². The van der Waals surface area contributed by atoms with E-state index in [2.05, 4.69) is 5.32 Å². The molecule has 2 aromatic rings. The van der Waals surface area contributed by atoms with Gasteiger partial charge in [-0.1, -0.05) is 0 Å². The fourth-order valence-electron chi connectivity index (χ4n) is 2.22. The molecule has 0 heterocycles. The molecule has 28 heavy (non-hydrogen) atoms. The summed E-state index contributed by atoms with van der Waals surface area (Å²) in [7, 11) is 0.